The highest BCUT2D eigenvalue weighted by Gasteiger charge is 2.30. The fourth-order valence-electron chi connectivity index (χ4n) is 1.84. The van der Waals surface area contributed by atoms with Crippen LogP contribution < -0.4 is 0 Å². The van der Waals surface area contributed by atoms with Gasteiger partial charge in [0.1, 0.15) is 6.61 Å². The van der Waals surface area contributed by atoms with Crippen LogP contribution in [0.15, 0.2) is 29.3 Å². The first kappa shape index (κ1) is 13.6. The van der Waals surface area contributed by atoms with Gasteiger partial charge in [-0.25, -0.2) is 9.79 Å². The zero-order valence-corrected chi connectivity index (χ0v) is 11.8. The van der Waals surface area contributed by atoms with Gasteiger partial charge in [-0.15, -0.1) is 0 Å². The standard InChI is InChI=1S/C15H19NO3/c1-15(2,3)12-9-19-13(16-12)10-5-7-11(8-6-10)14(17)18-4/h5-8,12H,9H2,1-4H3. The second-order valence-electron chi connectivity index (χ2n) is 5.70. The van der Waals surface area contributed by atoms with Crippen LogP contribution in [0.3, 0.4) is 0 Å². The molecule has 0 fully saturated rings. The van der Waals surface area contributed by atoms with E-state index in [-0.39, 0.29) is 17.4 Å². The number of nitrogens with zero attached hydrogens (tertiary/aromatic N) is 1. The quantitative estimate of drug-likeness (QED) is 0.769. The Morgan fingerprint density at radius 1 is 1.32 bits per heavy atom. The zero-order valence-electron chi connectivity index (χ0n) is 11.8. The van der Waals surface area contributed by atoms with Crippen LogP contribution in [-0.2, 0) is 9.47 Å². The molecule has 0 bridgehead atoms. The number of hydrogen-bond acceptors (Lipinski definition) is 4. The molecule has 0 spiro atoms. The van der Waals surface area contributed by atoms with Gasteiger partial charge in [-0.05, 0) is 29.7 Å². The molecule has 4 nitrogen and oxygen atoms in total. The van der Waals surface area contributed by atoms with E-state index in [2.05, 4.69) is 30.5 Å². The second kappa shape index (κ2) is 5.03. The summed E-state index contributed by atoms with van der Waals surface area (Å²) >= 11 is 0. The molecule has 1 unspecified atom stereocenters. The van der Waals surface area contributed by atoms with Crippen molar-refractivity contribution in [1.82, 2.24) is 0 Å². The summed E-state index contributed by atoms with van der Waals surface area (Å²) in [6.07, 6.45) is 0. The van der Waals surface area contributed by atoms with Gasteiger partial charge in [0.05, 0.1) is 18.7 Å². The van der Waals surface area contributed by atoms with Crippen molar-refractivity contribution < 1.29 is 14.3 Å². The Labute approximate surface area is 113 Å². The van der Waals surface area contributed by atoms with Crippen LogP contribution in [0, 0.1) is 5.41 Å². The fraction of sp³-hybridized carbons (Fsp3) is 0.467. The Hall–Kier alpha value is -1.84. The number of benzene rings is 1. The first-order chi connectivity index (χ1) is 8.91. The lowest BCUT2D eigenvalue weighted by Crippen LogP contribution is -2.25. The van der Waals surface area contributed by atoms with E-state index in [0.29, 0.717) is 18.1 Å². The fourth-order valence-corrected chi connectivity index (χ4v) is 1.84. The predicted octanol–water partition coefficient (Wildman–Crippen LogP) is 2.66. The Morgan fingerprint density at radius 2 is 1.95 bits per heavy atom. The molecule has 0 N–H and O–H groups in total. The molecule has 0 amide bonds. The molecule has 0 saturated heterocycles. The van der Waals surface area contributed by atoms with Crippen molar-refractivity contribution in [1.29, 1.82) is 0 Å². The van der Waals surface area contributed by atoms with Crippen molar-refractivity contribution in [3.8, 4) is 0 Å². The number of hydrogen-bond donors (Lipinski definition) is 0. The number of carbonyl (C=O) groups excluding carboxylic acids is 1. The summed E-state index contributed by atoms with van der Waals surface area (Å²) in [5, 5.41) is 0. The molecule has 0 radical (unpaired) electrons. The number of ether oxygens (including phenoxy) is 2. The normalized spacial score (nSPS) is 18.7. The van der Waals surface area contributed by atoms with E-state index >= 15 is 0 Å². The van der Waals surface area contributed by atoms with Crippen LogP contribution in [0.25, 0.3) is 0 Å². The van der Waals surface area contributed by atoms with Gasteiger partial charge in [-0.2, -0.15) is 0 Å². The molecular formula is C15H19NO3. The summed E-state index contributed by atoms with van der Waals surface area (Å²) in [7, 11) is 1.37. The minimum absolute atomic E-state index is 0.0910. The Bertz CT molecular complexity index is 497. The highest BCUT2D eigenvalue weighted by atomic mass is 16.5. The largest absolute Gasteiger partial charge is 0.475 e. The summed E-state index contributed by atoms with van der Waals surface area (Å²) in [4.78, 5) is 15.9. The maximum atomic E-state index is 11.3. The minimum atomic E-state index is -0.339. The molecule has 1 atom stereocenters. The van der Waals surface area contributed by atoms with Crippen LogP contribution in [-0.4, -0.2) is 31.6 Å². The molecule has 102 valence electrons. The van der Waals surface area contributed by atoms with Crippen molar-refractivity contribution in [2.45, 2.75) is 26.8 Å². The zero-order chi connectivity index (χ0) is 14.0. The summed E-state index contributed by atoms with van der Waals surface area (Å²) in [5.74, 6) is 0.310. The Kier molecular flexibility index (Phi) is 3.60. The van der Waals surface area contributed by atoms with Crippen LogP contribution in [0.1, 0.15) is 36.7 Å². The number of aliphatic imine (C=N–C) groups is 1. The average molecular weight is 261 g/mol. The van der Waals surface area contributed by atoms with E-state index in [0.717, 1.165) is 5.56 Å². The first-order valence-electron chi connectivity index (χ1n) is 6.31. The predicted molar refractivity (Wildman–Crippen MR) is 73.5 cm³/mol. The lowest BCUT2D eigenvalue weighted by atomic mass is 9.88. The summed E-state index contributed by atoms with van der Waals surface area (Å²) < 4.78 is 10.3. The molecule has 1 heterocycles. The van der Waals surface area contributed by atoms with Gasteiger partial charge in [0, 0.05) is 5.56 Å². The third-order valence-electron chi connectivity index (χ3n) is 3.20. The number of carbonyl (C=O) groups is 1. The molecule has 19 heavy (non-hydrogen) atoms. The maximum Gasteiger partial charge on any atom is 0.337 e. The van der Waals surface area contributed by atoms with Crippen LogP contribution in [0.2, 0.25) is 0 Å². The first-order valence-corrected chi connectivity index (χ1v) is 6.31. The van der Waals surface area contributed by atoms with Crippen molar-refractivity contribution in [2.75, 3.05) is 13.7 Å². The molecule has 1 aliphatic rings. The molecule has 0 aliphatic carbocycles. The van der Waals surface area contributed by atoms with E-state index < -0.39 is 0 Å². The van der Waals surface area contributed by atoms with E-state index in [1.54, 1.807) is 12.1 Å². The van der Waals surface area contributed by atoms with Crippen LogP contribution in [0.5, 0.6) is 0 Å². The van der Waals surface area contributed by atoms with Crippen LogP contribution >= 0.6 is 0 Å². The van der Waals surface area contributed by atoms with Gasteiger partial charge in [0.2, 0.25) is 5.90 Å². The van der Waals surface area contributed by atoms with Gasteiger partial charge in [-0.1, -0.05) is 20.8 Å². The number of rotatable bonds is 2. The molecule has 4 heteroatoms. The second-order valence-corrected chi connectivity index (χ2v) is 5.70. The van der Waals surface area contributed by atoms with Crippen LogP contribution in [0.4, 0.5) is 0 Å². The van der Waals surface area contributed by atoms with Gasteiger partial charge in [0.25, 0.3) is 0 Å². The van der Waals surface area contributed by atoms with E-state index in [1.807, 2.05) is 12.1 Å². The third-order valence-corrected chi connectivity index (χ3v) is 3.20. The van der Waals surface area contributed by atoms with Crippen molar-refractivity contribution >= 4 is 11.9 Å². The molecule has 2 rings (SSSR count). The third kappa shape index (κ3) is 2.95. The summed E-state index contributed by atoms with van der Waals surface area (Å²) in [6.45, 7) is 7.05. The van der Waals surface area contributed by atoms with Gasteiger partial charge in [-0.3, -0.25) is 0 Å². The average Bonchev–Trinajstić information content (AvgIpc) is 2.87. The molecule has 0 saturated carbocycles. The SMILES string of the molecule is COC(=O)c1ccc(C2=NC(C(C)(C)C)CO2)cc1. The monoisotopic (exact) mass is 261 g/mol. The maximum absolute atomic E-state index is 11.3. The highest BCUT2D eigenvalue weighted by molar-refractivity contribution is 5.96. The van der Waals surface area contributed by atoms with E-state index in [1.165, 1.54) is 7.11 Å². The van der Waals surface area contributed by atoms with Gasteiger partial charge >= 0.3 is 5.97 Å². The van der Waals surface area contributed by atoms with Crippen molar-refractivity contribution in [2.24, 2.45) is 10.4 Å². The lowest BCUT2D eigenvalue weighted by molar-refractivity contribution is 0.0600. The number of esters is 1. The number of methoxy groups -OCH3 is 1. The smallest absolute Gasteiger partial charge is 0.337 e. The van der Waals surface area contributed by atoms with E-state index in [4.69, 9.17) is 4.74 Å². The summed E-state index contributed by atoms with van der Waals surface area (Å²) in [6, 6.07) is 7.27. The molecule has 0 aromatic heterocycles. The lowest BCUT2D eigenvalue weighted by Gasteiger charge is -2.21. The van der Waals surface area contributed by atoms with Crippen molar-refractivity contribution in [3.05, 3.63) is 35.4 Å². The molecule has 1 aliphatic heterocycles. The van der Waals surface area contributed by atoms with E-state index in [9.17, 15) is 4.79 Å². The van der Waals surface area contributed by atoms with Gasteiger partial charge in [0.15, 0.2) is 0 Å². The van der Waals surface area contributed by atoms with Gasteiger partial charge < -0.3 is 9.47 Å². The Balaban J connectivity index is 2.18. The van der Waals surface area contributed by atoms with Crippen molar-refractivity contribution in [3.63, 3.8) is 0 Å². The highest BCUT2D eigenvalue weighted by Crippen LogP contribution is 2.27. The summed E-state index contributed by atoms with van der Waals surface area (Å²) in [5.41, 5.74) is 1.50. The topological polar surface area (TPSA) is 47.9 Å². The Morgan fingerprint density at radius 3 is 2.42 bits per heavy atom. The molecule has 1 aromatic carbocycles. The molecular weight excluding hydrogens is 242 g/mol. The molecule has 1 aromatic rings. The minimum Gasteiger partial charge on any atom is -0.475 e.